The SMILES string of the molecule is CNC(=O)COC1CC2CN(CCCNc3cc(N4CCC5(CC4)CN(c4cc(F)c(CN6CCC(C)(C)CC6)cc4F)CC(=O)N5)ncn3)CC2C1. The zero-order valence-electron chi connectivity index (χ0n) is 31.6. The van der Waals surface area contributed by atoms with E-state index in [4.69, 9.17) is 4.74 Å². The minimum Gasteiger partial charge on any atom is -0.370 e. The van der Waals surface area contributed by atoms with Crippen molar-refractivity contribution in [2.24, 2.45) is 17.3 Å². The molecule has 0 radical (unpaired) electrons. The number of benzene rings is 1. The fourth-order valence-corrected chi connectivity index (χ4v) is 9.15. The maximum absolute atomic E-state index is 15.6. The van der Waals surface area contributed by atoms with E-state index in [-0.39, 0.29) is 42.2 Å². The first-order valence-corrected chi connectivity index (χ1v) is 19.6. The van der Waals surface area contributed by atoms with E-state index in [1.54, 1.807) is 18.3 Å². The summed E-state index contributed by atoms with van der Waals surface area (Å²) in [5.41, 5.74) is 0.272. The topological polar surface area (TPSA) is 118 Å². The van der Waals surface area contributed by atoms with Gasteiger partial charge in [-0.15, -0.1) is 0 Å². The van der Waals surface area contributed by atoms with Crippen molar-refractivity contribution in [2.75, 3.05) is 94.2 Å². The van der Waals surface area contributed by atoms with Crippen molar-refractivity contribution in [1.82, 2.24) is 30.4 Å². The van der Waals surface area contributed by atoms with E-state index in [0.717, 1.165) is 83.0 Å². The molecule has 1 aliphatic carbocycles. The molecule has 2 atom stereocenters. The molecule has 14 heteroatoms. The predicted octanol–water partition coefficient (Wildman–Crippen LogP) is 3.63. The van der Waals surface area contributed by atoms with E-state index < -0.39 is 17.2 Å². The van der Waals surface area contributed by atoms with E-state index >= 15 is 8.78 Å². The molecule has 290 valence electrons. The molecule has 0 bridgehead atoms. The van der Waals surface area contributed by atoms with Crippen LogP contribution in [0.4, 0.5) is 26.1 Å². The summed E-state index contributed by atoms with van der Waals surface area (Å²) < 4.78 is 36.8. The lowest BCUT2D eigenvalue weighted by atomic mass is 9.82. The minimum atomic E-state index is -0.532. The number of piperazine rings is 1. The van der Waals surface area contributed by atoms with Crippen molar-refractivity contribution in [3.05, 3.63) is 41.7 Å². The number of fused-ring (bicyclic) bond motifs is 1. The Morgan fingerprint density at radius 3 is 2.42 bits per heavy atom. The molecule has 3 N–H and O–H groups in total. The maximum Gasteiger partial charge on any atom is 0.245 e. The van der Waals surface area contributed by atoms with Crippen LogP contribution >= 0.6 is 0 Å². The molecule has 2 amide bonds. The molecule has 2 unspecified atom stereocenters. The molecule has 5 heterocycles. The number of likely N-dealkylation sites (tertiary alicyclic amines) is 2. The monoisotopic (exact) mass is 737 g/mol. The number of ether oxygens (including phenoxy) is 1. The molecular weight excluding hydrogens is 680 g/mol. The van der Waals surface area contributed by atoms with Crippen molar-refractivity contribution in [1.29, 1.82) is 0 Å². The Morgan fingerprint density at radius 1 is 0.962 bits per heavy atom. The number of amides is 2. The van der Waals surface area contributed by atoms with Crippen LogP contribution in [0.2, 0.25) is 0 Å². The minimum absolute atomic E-state index is 0.00193. The van der Waals surface area contributed by atoms with Crippen LogP contribution in [0.15, 0.2) is 24.5 Å². The zero-order valence-corrected chi connectivity index (χ0v) is 31.6. The molecule has 53 heavy (non-hydrogen) atoms. The Hall–Kier alpha value is -3.62. The van der Waals surface area contributed by atoms with Crippen molar-refractivity contribution >= 4 is 29.1 Å². The molecule has 1 spiro atoms. The summed E-state index contributed by atoms with van der Waals surface area (Å²) in [6, 6.07) is 4.59. The summed E-state index contributed by atoms with van der Waals surface area (Å²) in [6.45, 7) is 12.6. The lowest BCUT2D eigenvalue weighted by Gasteiger charge is -2.48. The van der Waals surface area contributed by atoms with Crippen LogP contribution in [-0.4, -0.2) is 122 Å². The van der Waals surface area contributed by atoms with Gasteiger partial charge in [0.2, 0.25) is 11.8 Å². The molecule has 4 saturated heterocycles. The van der Waals surface area contributed by atoms with E-state index in [0.29, 0.717) is 56.4 Å². The van der Waals surface area contributed by atoms with E-state index in [1.165, 1.54) is 12.1 Å². The fraction of sp³-hybridized carbons (Fsp3) is 0.692. The molecule has 2 aromatic rings. The highest BCUT2D eigenvalue weighted by Gasteiger charge is 2.43. The molecule has 5 fully saturated rings. The smallest absolute Gasteiger partial charge is 0.245 e. The number of carbonyl (C=O) groups excluding carboxylic acids is 2. The Morgan fingerprint density at radius 2 is 1.70 bits per heavy atom. The van der Waals surface area contributed by atoms with Crippen LogP contribution in [-0.2, 0) is 20.9 Å². The van der Waals surface area contributed by atoms with Gasteiger partial charge in [-0.2, -0.15) is 0 Å². The molecule has 1 aromatic carbocycles. The number of anilines is 3. The normalized spacial score (nSPS) is 25.8. The summed E-state index contributed by atoms with van der Waals surface area (Å²) in [6.07, 6.45) is 8.25. The van der Waals surface area contributed by atoms with Gasteiger partial charge >= 0.3 is 0 Å². The molecule has 4 aliphatic heterocycles. The van der Waals surface area contributed by atoms with Crippen molar-refractivity contribution in [2.45, 2.75) is 77.0 Å². The molecule has 1 saturated carbocycles. The van der Waals surface area contributed by atoms with Crippen molar-refractivity contribution in [3.63, 3.8) is 0 Å². The molecule has 12 nitrogen and oxygen atoms in total. The fourth-order valence-electron chi connectivity index (χ4n) is 9.15. The number of hydrogen-bond acceptors (Lipinski definition) is 10. The standard InChI is InChI=1S/C39H57F2N9O3/c1-38(2)5-11-47(12-6-38)22-29-17-32(41)33(18-31(29)40)50-23-36(51)46-39(25-50)7-13-49(14-8-39)35-19-34(44-26-45-35)43-9-4-10-48-20-27-15-30(16-28(27)21-48)53-24-37(52)42-3/h17-19,26-28,30H,4-16,20-25H2,1-3H3,(H,42,52)(H,46,51)(H,43,44,45). The first-order chi connectivity index (χ1) is 25.5. The lowest BCUT2D eigenvalue weighted by molar-refractivity contribution is -0.127. The average molecular weight is 738 g/mol. The summed E-state index contributed by atoms with van der Waals surface area (Å²) in [4.78, 5) is 42.2. The van der Waals surface area contributed by atoms with Gasteiger partial charge in [-0.3, -0.25) is 14.5 Å². The van der Waals surface area contributed by atoms with Gasteiger partial charge in [0.1, 0.15) is 36.2 Å². The van der Waals surface area contributed by atoms with Crippen LogP contribution in [0, 0.1) is 28.9 Å². The van der Waals surface area contributed by atoms with Gasteiger partial charge in [-0.1, -0.05) is 13.8 Å². The highest BCUT2D eigenvalue weighted by atomic mass is 19.1. The van der Waals surface area contributed by atoms with E-state index in [9.17, 15) is 9.59 Å². The molecule has 1 aromatic heterocycles. The maximum atomic E-state index is 15.6. The van der Waals surface area contributed by atoms with Gasteiger partial charge in [0.05, 0.1) is 23.9 Å². The van der Waals surface area contributed by atoms with Gasteiger partial charge in [-0.25, -0.2) is 18.7 Å². The van der Waals surface area contributed by atoms with Crippen LogP contribution in [0.25, 0.3) is 0 Å². The Balaban J connectivity index is 0.866. The van der Waals surface area contributed by atoms with Gasteiger partial charge in [0.25, 0.3) is 0 Å². The second kappa shape index (κ2) is 16.0. The average Bonchev–Trinajstić information content (AvgIpc) is 3.70. The third kappa shape index (κ3) is 9.20. The number of halogens is 2. The number of aromatic nitrogens is 2. The number of piperidine rings is 2. The van der Waals surface area contributed by atoms with Gasteiger partial charge in [-0.05, 0) is 87.9 Å². The van der Waals surface area contributed by atoms with Crippen LogP contribution in [0.5, 0.6) is 0 Å². The second-order valence-corrected chi connectivity index (χ2v) is 16.9. The Labute approximate surface area is 312 Å². The third-order valence-corrected chi connectivity index (χ3v) is 12.5. The summed E-state index contributed by atoms with van der Waals surface area (Å²) in [7, 11) is 1.63. The number of hydrogen-bond donors (Lipinski definition) is 3. The summed E-state index contributed by atoms with van der Waals surface area (Å²) >= 11 is 0. The number of nitrogens with zero attached hydrogens (tertiary/aromatic N) is 6. The predicted molar refractivity (Wildman–Crippen MR) is 201 cm³/mol. The van der Waals surface area contributed by atoms with Gasteiger partial charge < -0.3 is 35.4 Å². The largest absolute Gasteiger partial charge is 0.370 e. The van der Waals surface area contributed by atoms with Gasteiger partial charge in [0.15, 0.2) is 0 Å². The van der Waals surface area contributed by atoms with Crippen molar-refractivity contribution < 1.29 is 23.1 Å². The number of rotatable bonds is 12. The summed E-state index contributed by atoms with van der Waals surface area (Å²) in [5.74, 6) is 1.76. The van der Waals surface area contributed by atoms with Crippen molar-refractivity contribution in [3.8, 4) is 0 Å². The van der Waals surface area contributed by atoms with E-state index in [1.807, 2.05) is 6.07 Å². The molecule has 5 aliphatic rings. The number of likely N-dealkylation sites (N-methyl/N-ethyl adjacent to an activating group) is 1. The van der Waals surface area contributed by atoms with Gasteiger partial charge in [0, 0.05) is 70.6 Å². The first kappa shape index (κ1) is 37.7. The first-order valence-electron chi connectivity index (χ1n) is 19.6. The highest BCUT2D eigenvalue weighted by molar-refractivity contribution is 5.84. The number of carbonyl (C=O) groups is 2. The number of nitrogens with one attached hydrogen (secondary N) is 3. The third-order valence-electron chi connectivity index (χ3n) is 12.5. The summed E-state index contributed by atoms with van der Waals surface area (Å²) in [5, 5.41) is 9.29. The molecule has 7 rings (SSSR count). The Bertz CT molecular complexity index is 1600. The lowest BCUT2D eigenvalue weighted by Crippen LogP contribution is -2.66. The van der Waals surface area contributed by atoms with Crippen LogP contribution < -0.4 is 25.8 Å². The second-order valence-electron chi connectivity index (χ2n) is 16.9. The Kier molecular flexibility index (Phi) is 11.4. The van der Waals surface area contributed by atoms with Crippen LogP contribution in [0.3, 0.4) is 0 Å². The van der Waals surface area contributed by atoms with E-state index in [2.05, 4.69) is 54.5 Å². The van der Waals surface area contributed by atoms with Crippen LogP contribution in [0.1, 0.15) is 64.4 Å². The highest BCUT2D eigenvalue weighted by Crippen LogP contribution is 2.39. The molecular formula is C39H57F2N9O3. The zero-order chi connectivity index (χ0) is 37.2. The quantitative estimate of drug-likeness (QED) is 0.279.